The monoisotopic (exact) mass is 411 g/mol. The minimum absolute atomic E-state index is 0.0126. The number of hydrogen-bond acceptors (Lipinski definition) is 5. The molecule has 0 fully saturated rings. The summed E-state index contributed by atoms with van der Waals surface area (Å²) in [7, 11) is 0. The average Bonchev–Trinajstić information content (AvgIpc) is 3.33. The predicted octanol–water partition coefficient (Wildman–Crippen LogP) is 5.22. The lowest BCUT2D eigenvalue weighted by molar-refractivity contribution is 0.474. The predicted molar refractivity (Wildman–Crippen MR) is 107 cm³/mol. The highest BCUT2D eigenvalue weighted by Gasteiger charge is 2.11. The van der Waals surface area contributed by atoms with Crippen molar-refractivity contribution < 1.29 is 18.3 Å². The summed E-state index contributed by atoms with van der Waals surface area (Å²) >= 11 is 1.22. The summed E-state index contributed by atoms with van der Waals surface area (Å²) in [5, 5.41) is 16.3. The molecule has 1 N–H and O–H groups in total. The van der Waals surface area contributed by atoms with Crippen LogP contribution in [-0.4, -0.2) is 16.0 Å². The number of aromatic hydroxyl groups is 1. The minimum atomic E-state index is -0.773. The number of phenols is 1. The van der Waals surface area contributed by atoms with Crippen LogP contribution in [0.2, 0.25) is 0 Å². The first-order valence-corrected chi connectivity index (χ1v) is 9.47. The first-order valence-electron chi connectivity index (χ1n) is 8.59. The van der Waals surface area contributed by atoms with Crippen molar-refractivity contribution in [3.8, 4) is 17.2 Å². The number of nitrogens with zero attached hydrogens (tertiary/aromatic N) is 3. The Bertz CT molecular complexity index is 1260. The van der Waals surface area contributed by atoms with Crippen LogP contribution < -0.4 is 4.80 Å². The van der Waals surface area contributed by atoms with E-state index in [4.69, 9.17) is 4.42 Å². The van der Waals surface area contributed by atoms with Gasteiger partial charge in [-0.2, -0.15) is 5.10 Å². The number of halogens is 2. The molecule has 146 valence electrons. The van der Waals surface area contributed by atoms with Crippen LogP contribution in [0.1, 0.15) is 11.1 Å². The number of benzene rings is 2. The van der Waals surface area contributed by atoms with E-state index in [-0.39, 0.29) is 11.4 Å². The fourth-order valence-electron chi connectivity index (χ4n) is 2.64. The van der Waals surface area contributed by atoms with Gasteiger partial charge < -0.3 is 9.52 Å². The van der Waals surface area contributed by atoms with Crippen molar-refractivity contribution in [3.05, 3.63) is 87.7 Å². The molecule has 0 amide bonds. The van der Waals surface area contributed by atoms with Gasteiger partial charge in [-0.3, -0.25) is 0 Å². The number of aryl methyl sites for hydroxylation is 1. The lowest BCUT2D eigenvalue weighted by atomic mass is 10.1. The van der Waals surface area contributed by atoms with Gasteiger partial charge in [-0.25, -0.2) is 18.4 Å². The second kappa shape index (κ2) is 7.84. The molecule has 0 unspecified atom stereocenters. The summed E-state index contributed by atoms with van der Waals surface area (Å²) in [5.41, 5.74) is 2.02. The molecule has 2 heterocycles. The molecule has 5 nitrogen and oxygen atoms in total. The van der Waals surface area contributed by atoms with E-state index >= 15 is 0 Å². The SMILES string of the molecule is Cc1ccc(/C=N/n2c(-c3ccco3)csc2=Nc2ccc(F)cc2F)c(O)c1. The fraction of sp³-hybridized carbons (Fsp3) is 0.0476. The Hall–Kier alpha value is -3.52. The van der Waals surface area contributed by atoms with Crippen LogP contribution in [0, 0.1) is 18.6 Å². The highest BCUT2D eigenvalue weighted by molar-refractivity contribution is 7.07. The molecule has 0 bridgehead atoms. The Kier molecular flexibility index (Phi) is 5.09. The minimum Gasteiger partial charge on any atom is -0.507 e. The second-order valence-electron chi connectivity index (χ2n) is 6.21. The smallest absolute Gasteiger partial charge is 0.211 e. The Morgan fingerprint density at radius 2 is 2.00 bits per heavy atom. The topological polar surface area (TPSA) is 63.0 Å². The summed E-state index contributed by atoms with van der Waals surface area (Å²) < 4.78 is 34.2. The number of aromatic nitrogens is 1. The van der Waals surface area contributed by atoms with E-state index in [9.17, 15) is 13.9 Å². The third kappa shape index (κ3) is 4.02. The van der Waals surface area contributed by atoms with Gasteiger partial charge in [-0.05, 0) is 48.9 Å². The molecule has 8 heteroatoms. The van der Waals surface area contributed by atoms with Gasteiger partial charge in [0.15, 0.2) is 11.6 Å². The number of phenolic OH excluding ortho intramolecular Hbond substituents is 1. The van der Waals surface area contributed by atoms with Crippen molar-refractivity contribution in [3.63, 3.8) is 0 Å². The molecule has 0 radical (unpaired) electrons. The third-order valence-corrected chi connectivity index (χ3v) is 4.90. The summed E-state index contributed by atoms with van der Waals surface area (Å²) in [6.07, 6.45) is 3.01. The van der Waals surface area contributed by atoms with Crippen molar-refractivity contribution in [2.45, 2.75) is 6.92 Å². The van der Waals surface area contributed by atoms with E-state index in [0.29, 0.717) is 21.8 Å². The standard InChI is InChI=1S/C21H15F2N3O2S/c1-13-4-5-14(19(27)9-13)11-24-26-18(20-3-2-8-28-20)12-29-21(26)25-17-7-6-15(22)10-16(17)23/h2-12,27H,1H3/b24-11+,25-21?. The van der Waals surface area contributed by atoms with Crippen molar-refractivity contribution in [2.75, 3.05) is 0 Å². The lowest BCUT2D eigenvalue weighted by Crippen LogP contribution is -2.11. The lowest BCUT2D eigenvalue weighted by Gasteiger charge is -2.03. The molecule has 0 saturated carbocycles. The van der Waals surface area contributed by atoms with Gasteiger partial charge in [-0.1, -0.05) is 6.07 Å². The van der Waals surface area contributed by atoms with Gasteiger partial charge in [0.1, 0.15) is 22.9 Å². The quantitative estimate of drug-likeness (QED) is 0.468. The van der Waals surface area contributed by atoms with Crippen molar-refractivity contribution in [2.24, 2.45) is 10.1 Å². The fourth-order valence-corrected chi connectivity index (χ4v) is 3.47. The summed E-state index contributed by atoms with van der Waals surface area (Å²) in [5.74, 6) is -0.811. The zero-order valence-corrected chi connectivity index (χ0v) is 16.0. The molecule has 2 aromatic carbocycles. The van der Waals surface area contributed by atoms with Crippen LogP contribution in [-0.2, 0) is 0 Å². The first kappa shape index (κ1) is 18.8. The number of furan rings is 1. The molecule has 4 rings (SSSR count). The van der Waals surface area contributed by atoms with Crippen LogP contribution in [0.4, 0.5) is 14.5 Å². The van der Waals surface area contributed by atoms with Crippen molar-refractivity contribution >= 4 is 23.2 Å². The van der Waals surface area contributed by atoms with Crippen molar-refractivity contribution in [1.82, 2.24) is 4.68 Å². The average molecular weight is 411 g/mol. The number of rotatable bonds is 4. The molecule has 0 saturated heterocycles. The largest absolute Gasteiger partial charge is 0.507 e. The number of hydrogen-bond donors (Lipinski definition) is 1. The van der Waals surface area contributed by atoms with Crippen molar-refractivity contribution in [1.29, 1.82) is 0 Å². The van der Waals surface area contributed by atoms with E-state index in [1.54, 1.807) is 29.6 Å². The van der Waals surface area contributed by atoms with Gasteiger partial charge >= 0.3 is 0 Å². The third-order valence-electron chi connectivity index (χ3n) is 4.08. The van der Waals surface area contributed by atoms with E-state index in [0.717, 1.165) is 17.7 Å². The van der Waals surface area contributed by atoms with Gasteiger partial charge in [0.25, 0.3) is 0 Å². The maximum Gasteiger partial charge on any atom is 0.211 e. The second-order valence-corrected chi connectivity index (χ2v) is 7.04. The summed E-state index contributed by atoms with van der Waals surface area (Å²) in [6.45, 7) is 1.87. The zero-order valence-electron chi connectivity index (χ0n) is 15.2. The molecular formula is C21H15F2N3O2S. The Balaban J connectivity index is 1.85. The van der Waals surface area contributed by atoms with Crippen LogP contribution in [0.25, 0.3) is 11.5 Å². The van der Waals surface area contributed by atoms with Crippen LogP contribution in [0.15, 0.2) is 74.7 Å². The summed E-state index contributed by atoms with van der Waals surface area (Å²) in [6, 6.07) is 11.9. The van der Waals surface area contributed by atoms with Crippen LogP contribution >= 0.6 is 11.3 Å². The van der Waals surface area contributed by atoms with Gasteiger partial charge in [0.05, 0.1) is 12.5 Å². The molecule has 0 aliphatic rings. The Labute approximate surface area is 168 Å². The zero-order chi connectivity index (χ0) is 20.4. The van der Waals surface area contributed by atoms with E-state index in [1.807, 2.05) is 13.0 Å². The number of thiazole rings is 1. The van der Waals surface area contributed by atoms with Gasteiger partial charge in [-0.15, -0.1) is 11.3 Å². The maximum atomic E-state index is 14.1. The Morgan fingerprint density at radius 3 is 2.72 bits per heavy atom. The Morgan fingerprint density at radius 1 is 1.14 bits per heavy atom. The molecule has 2 aromatic heterocycles. The highest BCUT2D eigenvalue weighted by Crippen LogP contribution is 2.23. The van der Waals surface area contributed by atoms with Crippen LogP contribution in [0.5, 0.6) is 5.75 Å². The van der Waals surface area contributed by atoms with E-state index in [1.165, 1.54) is 34.6 Å². The highest BCUT2D eigenvalue weighted by atomic mass is 32.1. The normalized spacial score (nSPS) is 12.2. The summed E-state index contributed by atoms with van der Waals surface area (Å²) in [4.78, 5) is 4.63. The molecule has 4 aromatic rings. The maximum absolute atomic E-state index is 14.1. The molecule has 29 heavy (non-hydrogen) atoms. The first-order chi connectivity index (χ1) is 14.0. The molecule has 0 aliphatic carbocycles. The molecule has 0 aliphatic heterocycles. The molecule has 0 atom stereocenters. The van der Waals surface area contributed by atoms with Gasteiger partial charge in [0.2, 0.25) is 4.80 Å². The van der Waals surface area contributed by atoms with Crippen LogP contribution in [0.3, 0.4) is 0 Å². The van der Waals surface area contributed by atoms with E-state index < -0.39 is 11.6 Å². The van der Waals surface area contributed by atoms with Gasteiger partial charge in [0, 0.05) is 17.0 Å². The van der Waals surface area contributed by atoms with E-state index in [2.05, 4.69) is 10.1 Å². The molecular weight excluding hydrogens is 396 g/mol. The molecule has 0 spiro atoms.